The van der Waals surface area contributed by atoms with Crippen molar-refractivity contribution in [1.82, 2.24) is 14.9 Å². The highest BCUT2D eigenvalue weighted by Gasteiger charge is 2.24. The van der Waals surface area contributed by atoms with Crippen LogP contribution in [0.15, 0.2) is 22.5 Å². The van der Waals surface area contributed by atoms with E-state index < -0.39 is 16.1 Å². The van der Waals surface area contributed by atoms with Gasteiger partial charge in [0.05, 0.1) is 13.2 Å². The van der Waals surface area contributed by atoms with Gasteiger partial charge in [0, 0.05) is 12.0 Å². The van der Waals surface area contributed by atoms with Gasteiger partial charge in [-0.1, -0.05) is 31.3 Å². The molecule has 160 valence electrons. The molecule has 29 heavy (non-hydrogen) atoms. The molecule has 1 aromatic carbocycles. The van der Waals surface area contributed by atoms with E-state index in [0.29, 0.717) is 30.3 Å². The SMILES string of the molecule is CCOc1ccc(C(C)NS(=O)(=O)c2nnc(NC(=O)C(C)C)s2)cc1OCC. The molecule has 0 saturated heterocycles. The summed E-state index contributed by atoms with van der Waals surface area (Å²) in [6.07, 6.45) is 0. The topological polar surface area (TPSA) is 120 Å². The first-order valence-electron chi connectivity index (χ1n) is 9.24. The molecule has 2 rings (SSSR count). The van der Waals surface area contributed by atoms with E-state index in [9.17, 15) is 13.2 Å². The Balaban J connectivity index is 2.17. The second-order valence-electron chi connectivity index (χ2n) is 6.43. The fourth-order valence-electron chi connectivity index (χ4n) is 2.31. The Morgan fingerprint density at radius 2 is 1.76 bits per heavy atom. The maximum absolute atomic E-state index is 12.7. The molecule has 9 nitrogen and oxygen atoms in total. The summed E-state index contributed by atoms with van der Waals surface area (Å²) in [5.41, 5.74) is 0.707. The van der Waals surface area contributed by atoms with Crippen molar-refractivity contribution < 1.29 is 22.7 Å². The second kappa shape index (κ2) is 9.99. The number of hydrogen-bond donors (Lipinski definition) is 2. The average Bonchev–Trinajstić information content (AvgIpc) is 3.12. The van der Waals surface area contributed by atoms with Gasteiger partial charge in [-0.3, -0.25) is 4.79 Å². The van der Waals surface area contributed by atoms with Gasteiger partial charge in [-0.25, -0.2) is 13.1 Å². The third kappa shape index (κ3) is 6.12. The summed E-state index contributed by atoms with van der Waals surface area (Å²) >= 11 is 0.794. The van der Waals surface area contributed by atoms with Gasteiger partial charge < -0.3 is 14.8 Å². The molecule has 0 aliphatic heterocycles. The van der Waals surface area contributed by atoms with Crippen molar-refractivity contribution in [3.63, 3.8) is 0 Å². The monoisotopic (exact) mass is 442 g/mol. The Morgan fingerprint density at radius 1 is 1.10 bits per heavy atom. The van der Waals surface area contributed by atoms with E-state index in [2.05, 4.69) is 20.2 Å². The first-order chi connectivity index (χ1) is 13.7. The van der Waals surface area contributed by atoms with E-state index in [1.165, 1.54) is 0 Å². The van der Waals surface area contributed by atoms with Crippen molar-refractivity contribution in [2.45, 2.75) is 45.0 Å². The lowest BCUT2D eigenvalue weighted by Gasteiger charge is -2.16. The molecule has 0 saturated carbocycles. The Morgan fingerprint density at radius 3 is 2.38 bits per heavy atom. The summed E-state index contributed by atoms with van der Waals surface area (Å²) in [6.45, 7) is 9.86. The van der Waals surface area contributed by atoms with Crippen LogP contribution >= 0.6 is 11.3 Å². The zero-order valence-corrected chi connectivity index (χ0v) is 18.7. The van der Waals surface area contributed by atoms with Crippen LogP contribution < -0.4 is 19.5 Å². The van der Waals surface area contributed by atoms with Gasteiger partial charge in [-0.05, 0) is 38.5 Å². The summed E-state index contributed by atoms with van der Waals surface area (Å²) < 4.78 is 38.8. The highest BCUT2D eigenvalue weighted by molar-refractivity contribution is 7.91. The zero-order chi connectivity index (χ0) is 21.6. The predicted octanol–water partition coefficient (Wildman–Crippen LogP) is 2.97. The number of aromatic nitrogens is 2. The molecule has 0 fully saturated rings. The maximum atomic E-state index is 12.7. The lowest BCUT2D eigenvalue weighted by Crippen LogP contribution is -2.26. The maximum Gasteiger partial charge on any atom is 0.270 e. The molecule has 0 radical (unpaired) electrons. The fourth-order valence-corrected chi connectivity index (χ4v) is 4.46. The molecule has 1 unspecified atom stereocenters. The van der Waals surface area contributed by atoms with Crippen LogP contribution in [-0.4, -0.2) is 37.7 Å². The van der Waals surface area contributed by atoms with Gasteiger partial charge in [-0.15, -0.1) is 10.2 Å². The van der Waals surface area contributed by atoms with E-state index in [4.69, 9.17) is 9.47 Å². The van der Waals surface area contributed by atoms with Crippen molar-refractivity contribution >= 4 is 32.4 Å². The quantitative estimate of drug-likeness (QED) is 0.543. The van der Waals surface area contributed by atoms with Crippen LogP contribution in [-0.2, 0) is 14.8 Å². The van der Waals surface area contributed by atoms with E-state index in [1.54, 1.807) is 39.0 Å². The second-order valence-corrected chi connectivity index (χ2v) is 9.30. The molecule has 1 atom stereocenters. The minimum absolute atomic E-state index is 0.136. The molecule has 0 spiro atoms. The van der Waals surface area contributed by atoms with Crippen LogP contribution in [0.3, 0.4) is 0 Å². The van der Waals surface area contributed by atoms with Crippen LogP contribution in [0.5, 0.6) is 11.5 Å². The van der Waals surface area contributed by atoms with Crippen molar-refractivity contribution in [2.24, 2.45) is 5.92 Å². The van der Waals surface area contributed by atoms with Crippen molar-refractivity contribution in [3.05, 3.63) is 23.8 Å². The van der Waals surface area contributed by atoms with Crippen LogP contribution in [0.4, 0.5) is 5.13 Å². The molecule has 11 heteroatoms. The summed E-state index contributed by atoms with van der Waals surface area (Å²) in [5.74, 6) is 0.635. The molecular weight excluding hydrogens is 416 g/mol. The number of carbonyl (C=O) groups is 1. The Bertz CT molecular complexity index is 943. The first kappa shape index (κ1) is 23.0. The number of nitrogens with one attached hydrogen (secondary N) is 2. The molecule has 0 aliphatic carbocycles. The fraction of sp³-hybridized carbons (Fsp3) is 0.500. The number of anilines is 1. The molecule has 2 aromatic rings. The normalized spacial score (nSPS) is 12.6. The minimum atomic E-state index is -3.92. The van der Waals surface area contributed by atoms with Crippen molar-refractivity contribution in [3.8, 4) is 11.5 Å². The first-order valence-corrected chi connectivity index (χ1v) is 11.5. The lowest BCUT2D eigenvalue weighted by atomic mass is 10.1. The highest BCUT2D eigenvalue weighted by atomic mass is 32.2. The number of sulfonamides is 1. The number of carbonyl (C=O) groups excluding carboxylic acids is 1. The molecule has 0 bridgehead atoms. The van der Waals surface area contributed by atoms with Crippen LogP contribution in [0.1, 0.15) is 46.2 Å². The van der Waals surface area contributed by atoms with Gasteiger partial charge in [0.1, 0.15) is 0 Å². The van der Waals surface area contributed by atoms with Gasteiger partial charge in [0.15, 0.2) is 11.5 Å². The van der Waals surface area contributed by atoms with Gasteiger partial charge >= 0.3 is 0 Å². The third-order valence-corrected chi connectivity index (χ3v) is 6.54. The zero-order valence-electron chi connectivity index (χ0n) is 17.1. The van der Waals surface area contributed by atoms with Crippen molar-refractivity contribution in [1.29, 1.82) is 0 Å². The number of hydrogen-bond acceptors (Lipinski definition) is 8. The number of ether oxygens (including phenoxy) is 2. The Kier molecular flexibility index (Phi) is 7.94. The summed E-state index contributed by atoms with van der Waals surface area (Å²) in [7, 11) is -3.92. The third-order valence-electron chi connectivity index (χ3n) is 3.79. The molecule has 2 N–H and O–H groups in total. The molecule has 1 aromatic heterocycles. The number of benzene rings is 1. The van der Waals surface area contributed by atoms with E-state index >= 15 is 0 Å². The molecule has 1 heterocycles. The Hall–Kier alpha value is -2.24. The van der Waals surface area contributed by atoms with E-state index in [0.717, 1.165) is 11.3 Å². The van der Waals surface area contributed by atoms with Gasteiger partial charge in [0.25, 0.3) is 10.0 Å². The minimum Gasteiger partial charge on any atom is -0.490 e. The van der Waals surface area contributed by atoms with Crippen LogP contribution in [0, 0.1) is 5.92 Å². The largest absolute Gasteiger partial charge is 0.490 e. The van der Waals surface area contributed by atoms with Crippen molar-refractivity contribution in [2.75, 3.05) is 18.5 Å². The van der Waals surface area contributed by atoms with Crippen LogP contribution in [0.25, 0.3) is 0 Å². The Labute approximate surface area is 174 Å². The lowest BCUT2D eigenvalue weighted by molar-refractivity contribution is -0.118. The predicted molar refractivity (Wildman–Crippen MR) is 111 cm³/mol. The number of nitrogens with zero attached hydrogens (tertiary/aromatic N) is 2. The van der Waals surface area contributed by atoms with E-state index in [1.807, 2.05) is 13.8 Å². The average molecular weight is 443 g/mol. The summed E-state index contributed by atoms with van der Waals surface area (Å²) in [6, 6.07) is 4.72. The number of rotatable bonds is 10. The summed E-state index contributed by atoms with van der Waals surface area (Å²) in [5, 5.41) is 10.1. The van der Waals surface area contributed by atoms with Crippen LogP contribution in [0.2, 0.25) is 0 Å². The standard InChI is InChI=1S/C18H26N4O5S2/c1-6-26-14-9-8-13(10-15(14)27-7-2)12(5)22-29(24,25)18-21-20-17(28-18)19-16(23)11(3)4/h8-12,22H,6-7H2,1-5H3,(H,19,20,23). The summed E-state index contributed by atoms with van der Waals surface area (Å²) in [4.78, 5) is 11.7. The smallest absolute Gasteiger partial charge is 0.270 e. The molecular formula is C18H26N4O5S2. The van der Waals surface area contributed by atoms with Gasteiger partial charge in [-0.2, -0.15) is 0 Å². The van der Waals surface area contributed by atoms with Gasteiger partial charge in [0.2, 0.25) is 15.4 Å². The van der Waals surface area contributed by atoms with E-state index in [-0.39, 0.29) is 21.3 Å². The molecule has 0 aliphatic rings. The number of amides is 1. The molecule has 1 amide bonds. The highest BCUT2D eigenvalue weighted by Crippen LogP contribution is 2.31.